The highest BCUT2D eigenvalue weighted by molar-refractivity contribution is 7.75. The minimum absolute atomic E-state index is 1.25. The van der Waals surface area contributed by atoms with Crippen molar-refractivity contribution >= 4 is 18.5 Å². The zero-order chi connectivity index (χ0) is 6.62. The van der Waals surface area contributed by atoms with Crippen molar-refractivity contribution in [3.05, 3.63) is 5.82 Å². The van der Waals surface area contributed by atoms with Gasteiger partial charge in [-0.25, -0.2) is 9.59 Å². The van der Waals surface area contributed by atoms with Gasteiger partial charge in [-0.1, -0.05) is 0 Å². The fraction of sp³-hybridized carbons (Fsp3) is 0.400. The van der Waals surface area contributed by atoms with Crippen LogP contribution in [0.25, 0.3) is 0 Å². The molecule has 0 radical (unpaired) electrons. The standard InChI is InChI=1S/C5H7O2P/c1-8(2,5-7)4-3-6/h4H,1-2H3. The van der Waals surface area contributed by atoms with E-state index >= 15 is 0 Å². The zero-order valence-electron chi connectivity index (χ0n) is 4.84. The Hall–Kier alpha value is -0.540. The van der Waals surface area contributed by atoms with Gasteiger partial charge in [0, 0.05) is 12.7 Å². The van der Waals surface area contributed by atoms with Gasteiger partial charge in [-0.15, -0.1) is 0 Å². The van der Waals surface area contributed by atoms with E-state index in [1.807, 2.05) is 0 Å². The molecule has 44 valence electrons. The van der Waals surface area contributed by atoms with Crippen molar-refractivity contribution in [2.24, 2.45) is 0 Å². The highest BCUT2D eigenvalue weighted by Gasteiger charge is 1.95. The molecule has 0 aromatic carbocycles. The summed E-state index contributed by atoms with van der Waals surface area (Å²) in [6, 6.07) is 0. The Bertz CT molecular complexity index is 188. The molecule has 0 aliphatic rings. The number of carbonyl (C=O) groups excluding carboxylic acids is 2. The highest BCUT2D eigenvalue weighted by Crippen LogP contribution is 2.35. The van der Waals surface area contributed by atoms with Gasteiger partial charge < -0.3 is 0 Å². The second-order valence-corrected chi connectivity index (χ2v) is 5.40. The molecule has 0 atom stereocenters. The van der Waals surface area contributed by atoms with Crippen molar-refractivity contribution in [1.29, 1.82) is 0 Å². The molecule has 8 heavy (non-hydrogen) atoms. The van der Waals surface area contributed by atoms with Gasteiger partial charge in [-0.2, -0.15) is 0 Å². The minimum Gasteiger partial charge on any atom is -0.234 e. The summed E-state index contributed by atoms with van der Waals surface area (Å²) in [5, 5.41) is 0. The third kappa shape index (κ3) is 2.60. The molecule has 0 rings (SSSR count). The summed E-state index contributed by atoms with van der Waals surface area (Å²) in [5.74, 6) is 2.82. The van der Waals surface area contributed by atoms with Gasteiger partial charge >= 0.3 is 0 Å². The van der Waals surface area contributed by atoms with E-state index in [4.69, 9.17) is 0 Å². The van der Waals surface area contributed by atoms with Crippen LogP contribution in [0.5, 0.6) is 0 Å². The highest BCUT2D eigenvalue weighted by atomic mass is 31.2. The Kier molecular flexibility index (Phi) is 2.51. The van der Waals surface area contributed by atoms with Crippen LogP contribution in [-0.2, 0) is 9.59 Å². The summed E-state index contributed by atoms with van der Waals surface area (Å²) < 4.78 is 0. The van der Waals surface area contributed by atoms with Gasteiger partial charge in [0.1, 0.15) is 11.6 Å². The van der Waals surface area contributed by atoms with E-state index in [9.17, 15) is 9.59 Å². The van der Waals surface area contributed by atoms with Crippen LogP contribution in [0.15, 0.2) is 5.82 Å². The third-order valence-electron chi connectivity index (χ3n) is 0.611. The normalized spacial score (nSPS) is 9.25. The molecule has 0 saturated carbocycles. The van der Waals surface area contributed by atoms with Crippen LogP contribution in [0.1, 0.15) is 0 Å². The molecule has 0 amide bonds. The van der Waals surface area contributed by atoms with Crippen LogP contribution in [0.3, 0.4) is 0 Å². The van der Waals surface area contributed by atoms with E-state index in [0.717, 1.165) is 0 Å². The van der Waals surface area contributed by atoms with E-state index in [1.54, 1.807) is 24.9 Å². The lowest BCUT2D eigenvalue weighted by Crippen LogP contribution is -1.68. The van der Waals surface area contributed by atoms with Crippen LogP contribution in [-0.4, -0.2) is 24.9 Å². The lowest BCUT2D eigenvalue weighted by Gasteiger charge is -1.93. The Balaban J connectivity index is 4.66. The van der Waals surface area contributed by atoms with E-state index in [-0.39, 0.29) is 0 Å². The lowest BCUT2D eigenvalue weighted by atomic mass is 11.2. The summed E-state index contributed by atoms with van der Waals surface area (Å²) in [5.41, 5.74) is 1.79. The minimum atomic E-state index is -1.78. The van der Waals surface area contributed by atoms with Gasteiger partial charge in [0.25, 0.3) is 0 Å². The lowest BCUT2D eigenvalue weighted by molar-refractivity contribution is 0.568. The van der Waals surface area contributed by atoms with E-state index in [2.05, 4.69) is 0 Å². The molecule has 0 aliphatic heterocycles. The average molecular weight is 130 g/mol. The molecular weight excluding hydrogens is 123 g/mol. The molecule has 0 saturated heterocycles. The molecule has 0 aliphatic carbocycles. The molecule has 0 spiro atoms. The number of hydrogen-bond acceptors (Lipinski definition) is 2. The summed E-state index contributed by atoms with van der Waals surface area (Å²) in [4.78, 5) is 19.6. The Morgan fingerprint density at radius 2 is 1.88 bits per heavy atom. The predicted octanol–water partition coefficient (Wildman–Crippen LogP) is 0.676. The fourth-order valence-electron chi connectivity index (χ4n) is 0.158. The van der Waals surface area contributed by atoms with E-state index in [1.165, 1.54) is 5.82 Å². The first-order valence-corrected chi connectivity index (χ1v) is 4.83. The quantitative estimate of drug-likeness (QED) is 0.386. The van der Waals surface area contributed by atoms with Gasteiger partial charge in [-0.3, -0.25) is 0 Å². The molecule has 0 bridgehead atoms. The van der Waals surface area contributed by atoms with Crippen LogP contribution in [0.4, 0.5) is 0 Å². The van der Waals surface area contributed by atoms with Crippen LogP contribution in [0, 0.1) is 0 Å². The maximum Gasteiger partial charge on any atom is 0.125 e. The average Bonchev–Trinajstić information content (AvgIpc) is 1.67. The Morgan fingerprint density at radius 3 is 2.00 bits per heavy atom. The van der Waals surface area contributed by atoms with Crippen LogP contribution < -0.4 is 0 Å². The Morgan fingerprint density at radius 1 is 1.38 bits per heavy atom. The Labute approximate surface area is 48.2 Å². The van der Waals surface area contributed by atoms with Crippen molar-refractivity contribution in [1.82, 2.24) is 0 Å². The van der Waals surface area contributed by atoms with Crippen molar-refractivity contribution in [2.45, 2.75) is 0 Å². The van der Waals surface area contributed by atoms with Gasteiger partial charge in [-0.05, 0) is 13.3 Å². The van der Waals surface area contributed by atoms with Crippen LogP contribution in [0.2, 0.25) is 0 Å². The smallest absolute Gasteiger partial charge is 0.125 e. The van der Waals surface area contributed by atoms with Gasteiger partial charge in [0.05, 0.1) is 0 Å². The first-order chi connectivity index (χ1) is 3.62. The van der Waals surface area contributed by atoms with Crippen molar-refractivity contribution in [3.63, 3.8) is 0 Å². The second kappa shape index (κ2) is 2.69. The topological polar surface area (TPSA) is 34.1 Å². The molecule has 0 aromatic rings. The first-order valence-electron chi connectivity index (χ1n) is 2.07. The van der Waals surface area contributed by atoms with Gasteiger partial charge in [0.15, 0.2) is 0 Å². The molecule has 0 fully saturated rings. The van der Waals surface area contributed by atoms with Crippen molar-refractivity contribution < 1.29 is 9.59 Å². The summed E-state index contributed by atoms with van der Waals surface area (Å²) in [7, 11) is 0. The SMILES string of the molecule is CP(C)(=C=O)C=C=O. The predicted molar refractivity (Wildman–Crippen MR) is 34.7 cm³/mol. The molecule has 0 N–H and O–H groups in total. The summed E-state index contributed by atoms with van der Waals surface area (Å²) in [6.45, 7) is 1.62. The van der Waals surface area contributed by atoms with Crippen molar-refractivity contribution in [2.75, 3.05) is 13.3 Å². The maximum absolute atomic E-state index is 9.93. The van der Waals surface area contributed by atoms with E-state index in [0.29, 0.717) is 0 Å². The van der Waals surface area contributed by atoms with Crippen LogP contribution >= 0.6 is 6.89 Å². The molecule has 0 heterocycles. The largest absolute Gasteiger partial charge is 0.234 e. The number of rotatable bonds is 1. The maximum atomic E-state index is 9.93. The molecule has 3 heteroatoms. The monoisotopic (exact) mass is 130 g/mol. The van der Waals surface area contributed by atoms with Crippen molar-refractivity contribution in [3.8, 4) is 0 Å². The molecular formula is C5H7O2P. The first kappa shape index (κ1) is 7.46. The summed E-state index contributed by atoms with van der Waals surface area (Å²) >= 11 is 0. The van der Waals surface area contributed by atoms with E-state index < -0.39 is 6.89 Å². The van der Waals surface area contributed by atoms with Gasteiger partial charge in [0.2, 0.25) is 0 Å². The fourth-order valence-corrected chi connectivity index (χ4v) is 0.474. The number of hydrogen-bond donors (Lipinski definition) is 0. The molecule has 0 aromatic heterocycles. The summed E-state index contributed by atoms with van der Waals surface area (Å²) in [6.07, 6.45) is 0. The third-order valence-corrected chi connectivity index (χ3v) is 1.83. The molecule has 2 nitrogen and oxygen atoms in total. The molecule has 0 unspecified atom stereocenters. The zero-order valence-corrected chi connectivity index (χ0v) is 5.74. The second-order valence-electron chi connectivity index (χ2n) is 1.88.